The molecule has 130 valence electrons. The first kappa shape index (κ1) is 16.7. The van der Waals surface area contributed by atoms with Gasteiger partial charge in [0.2, 0.25) is 0 Å². The van der Waals surface area contributed by atoms with Gasteiger partial charge in [-0.15, -0.1) is 0 Å². The van der Waals surface area contributed by atoms with Crippen LogP contribution in [0.4, 0.5) is 0 Å². The molecule has 1 aliphatic carbocycles. The Labute approximate surface area is 140 Å². The molecular weight excluding hydrogens is 310 g/mol. The van der Waals surface area contributed by atoms with Gasteiger partial charge in [-0.2, -0.15) is 0 Å². The number of hydrogen-bond donors (Lipinski definition) is 0. The van der Waals surface area contributed by atoms with E-state index >= 15 is 0 Å². The molecule has 1 aliphatic heterocycles. The Morgan fingerprint density at radius 2 is 1.88 bits per heavy atom. The molecule has 0 aromatic carbocycles. The molecule has 1 aromatic heterocycles. The first-order valence-electron chi connectivity index (χ1n) is 8.31. The minimum absolute atomic E-state index is 0.181. The molecule has 7 nitrogen and oxygen atoms in total. The van der Waals surface area contributed by atoms with Crippen molar-refractivity contribution in [1.82, 2.24) is 14.4 Å². The Morgan fingerprint density at radius 3 is 2.46 bits per heavy atom. The summed E-state index contributed by atoms with van der Waals surface area (Å²) in [5.41, 5.74) is 0.823. The number of nitrogens with zero attached hydrogens (tertiary/aromatic N) is 3. The monoisotopic (exact) mass is 333 g/mol. The van der Waals surface area contributed by atoms with E-state index in [9.17, 15) is 14.4 Å². The third kappa shape index (κ3) is 3.36. The molecular formula is C17H23N3O4. The predicted molar refractivity (Wildman–Crippen MR) is 88.1 cm³/mol. The van der Waals surface area contributed by atoms with Crippen molar-refractivity contribution < 1.29 is 14.3 Å². The second-order valence-electron chi connectivity index (χ2n) is 6.46. The Kier molecular flexibility index (Phi) is 4.71. The van der Waals surface area contributed by atoms with E-state index in [0.29, 0.717) is 26.2 Å². The lowest BCUT2D eigenvalue weighted by Crippen LogP contribution is -2.51. The van der Waals surface area contributed by atoms with Crippen molar-refractivity contribution in [2.75, 3.05) is 39.8 Å². The molecule has 0 radical (unpaired) electrons. The number of aromatic nitrogens is 1. The fourth-order valence-electron chi connectivity index (χ4n) is 3.06. The standard InChI is InChI=1S/C17H23N3O4/c1-12-5-6-20(13-3-4-13)17(23)15(12)16(22)19-9-7-18(8-10-19)11-14(21)24-2/h5-6,13H,3-4,7-11H2,1-2H3. The maximum absolute atomic E-state index is 12.8. The number of amides is 1. The van der Waals surface area contributed by atoms with E-state index in [2.05, 4.69) is 4.74 Å². The summed E-state index contributed by atoms with van der Waals surface area (Å²) in [6, 6.07) is 2.10. The lowest BCUT2D eigenvalue weighted by molar-refractivity contribution is -0.142. The first-order chi connectivity index (χ1) is 11.5. The Bertz CT molecular complexity index is 700. The highest BCUT2D eigenvalue weighted by Gasteiger charge is 2.30. The summed E-state index contributed by atoms with van der Waals surface area (Å²) in [5.74, 6) is -0.480. The van der Waals surface area contributed by atoms with Crippen LogP contribution in [0, 0.1) is 6.92 Å². The average molecular weight is 333 g/mol. The van der Waals surface area contributed by atoms with Gasteiger partial charge in [-0.1, -0.05) is 0 Å². The van der Waals surface area contributed by atoms with E-state index < -0.39 is 0 Å². The lowest BCUT2D eigenvalue weighted by atomic mass is 10.1. The van der Waals surface area contributed by atoms with Crippen molar-refractivity contribution in [2.24, 2.45) is 0 Å². The van der Waals surface area contributed by atoms with Crippen molar-refractivity contribution in [3.63, 3.8) is 0 Å². The summed E-state index contributed by atoms with van der Waals surface area (Å²) in [6.45, 7) is 4.25. The van der Waals surface area contributed by atoms with Crippen molar-refractivity contribution in [3.8, 4) is 0 Å². The predicted octanol–water partition coefficient (Wildman–Crippen LogP) is 0.422. The molecule has 1 saturated heterocycles. The highest BCUT2D eigenvalue weighted by molar-refractivity contribution is 5.95. The zero-order valence-electron chi connectivity index (χ0n) is 14.2. The zero-order chi connectivity index (χ0) is 17.3. The van der Waals surface area contributed by atoms with Gasteiger partial charge in [0.1, 0.15) is 5.56 Å². The van der Waals surface area contributed by atoms with Gasteiger partial charge < -0.3 is 14.2 Å². The number of ether oxygens (including phenoxy) is 1. The number of methoxy groups -OCH3 is 1. The largest absolute Gasteiger partial charge is 0.468 e. The molecule has 0 unspecified atom stereocenters. The maximum Gasteiger partial charge on any atom is 0.319 e. The molecule has 1 aromatic rings. The number of aryl methyl sites for hydroxylation is 1. The van der Waals surface area contributed by atoms with Crippen molar-refractivity contribution in [3.05, 3.63) is 33.7 Å². The van der Waals surface area contributed by atoms with Crippen LogP contribution in [-0.2, 0) is 9.53 Å². The Morgan fingerprint density at radius 1 is 1.21 bits per heavy atom. The van der Waals surface area contributed by atoms with Gasteiger partial charge in [0.05, 0.1) is 13.7 Å². The number of pyridine rings is 1. The third-order valence-electron chi connectivity index (χ3n) is 4.72. The molecule has 0 N–H and O–H groups in total. The molecule has 0 spiro atoms. The first-order valence-corrected chi connectivity index (χ1v) is 8.31. The van der Waals surface area contributed by atoms with Gasteiger partial charge in [-0.05, 0) is 31.4 Å². The smallest absolute Gasteiger partial charge is 0.319 e. The van der Waals surface area contributed by atoms with E-state index in [1.54, 1.807) is 22.6 Å². The van der Waals surface area contributed by atoms with E-state index in [1.165, 1.54) is 7.11 Å². The van der Waals surface area contributed by atoms with Crippen LogP contribution in [0.25, 0.3) is 0 Å². The molecule has 24 heavy (non-hydrogen) atoms. The quantitative estimate of drug-likeness (QED) is 0.747. The lowest BCUT2D eigenvalue weighted by Gasteiger charge is -2.34. The highest BCUT2D eigenvalue weighted by atomic mass is 16.5. The molecule has 0 bridgehead atoms. The SMILES string of the molecule is COC(=O)CN1CCN(C(=O)c2c(C)ccn(C3CC3)c2=O)CC1. The number of esters is 1. The summed E-state index contributed by atoms with van der Waals surface area (Å²) in [7, 11) is 1.37. The zero-order valence-corrected chi connectivity index (χ0v) is 14.2. The molecule has 2 fully saturated rings. The number of hydrogen-bond acceptors (Lipinski definition) is 5. The van der Waals surface area contributed by atoms with Gasteiger partial charge >= 0.3 is 5.97 Å². The van der Waals surface area contributed by atoms with Gasteiger partial charge in [-0.3, -0.25) is 19.3 Å². The topological polar surface area (TPSA) is 71.8 Å². The number of rotatable bonds is 4. The van der Waals surface area contributed by atoms with Crippen LogP contribution < -0.4 is 5.56 Å². The molecule has 7 heteroatoms. The van der Waals surface area contributed by atoms with E-state index in [-0.39, 0.29) is 35.6 Å². The number of carbonyl (C=O) groups excluding carboxylic acids is 2. The van der Waals surface area contributed by atoms with Gasteiger partial charge in [0.25, 0.3) is 11.5 Å². The molecule has 0 atom stereocenters. The van der Waals surface area contributed by atoms with E-state index in [4.69, 9.17) is 0 Å². The molecule has 3 rings (SSSR count). The van der Waals surface area contributed by atoms with Gasteiger partial charge in [0, 0.05) is 38.4 Å². The number of piperazine rings is 1. The summed E-state index contributed by atoms with van der Waals surface area (Å²) in [5, 5.41) is 0. The van der Waals surface area contributed by atoms with Crippen LogP contribution in [0.1, 0.15) is 34.8 Å². The molecule has 2 aliphatic rings. The van der Waals surface area contributed by atoms with Crippen LogP contribution in [0.5, 0.6) is 0 Å². The summed E-state index contributed by atoms with van der Waals surface area (Å²) < 4.78 is 6.35. The average Bonchev–Trinajstić information content (AvgIpc) is 3.40. The van der Waals surface area contributed by atoms with E-state index in [1.807, 2.05) is 11.0 Å². The number of carbonyl (C=O) groups is 2. The minimum Gasteiger partial charge on any atom is -0.468 e. The second-order valence-corrected chi connectivity index (χ2v) is 6.46. The Hall–Kier alpha value is -2.15. The van der Waals surface area contributed by atoms with Crippen LogP contribution >= 0.6 is 0 Å². The van der Waals surface area contributed by atoms with Gasteiger partial charge in [0.15, 0.2) is 0 Å². The summed E-state index contributed by atoms with van der Waals surface area (Å²) >= 11 is 0. The van der Waals surface area contributed by atoms with Crippen molar-refractivity contribution >= 4 is 11.9 Å². The summed E-state index contributed by atoms with van der Waals surface area (Å²) in [6.07, 6.45) is 3.80. The second kappa shape index (κ2) is 6.76. The van der Waals surface area contributed by atoms with Crippen LogP contribution in [0.3, 0.4) is 0 Å². The normalized spacial score (nSPS) is 18.5. The summed E-state index contributed by atoms with van der Waals surface area (Å²) in [4.78, 5) is 40.5. The fourth-order valence-corrected chi connectivity index (χ4v) is 3.06. The van der Waals surface area contributed by atoms with Crippen molar-refractivity contribution in [1.29, 1.82) is 0 Å². The maximum atomic E-state index is 12.8. The van der Waals surface area contributed by atoms with Crippen LogP contribution in [0.2, 0.25) is 0 Å². The Balaban J connectivity index is 1.71. The molecule has 1 saturated carbocycles. The minimum atomic E-state index is -0.277. The highest BCUT2D eigenvalue weighted by Crippen LogP contribution is 2.33. The van der Waals surface area contributed by atoms with Crippen molar-refractivity contribution in [2.45, 2.75) is 25.8 Å². The van der Waals surface area contributed by atoms with Crippen LogP contribution in [0.15, 0.2) is 17.1 Å². The van der Waals surface area contributed by atoms with Gasteiger partial charge in [-0.25, -0.2) is 0 Å². The van der Waals surface area contributed by atoms with E-state index in [0.717, 1.165) is 18.4 Å². The molecule has 2 heterocycles. The van der Waals surface area contributed by atoms with Crippen LogP contribution in [-0.4, -0.2) is 66.1 Å². The fraction of sp³-hybridized carbons (Fsp3) is 0.588. The molecule has 1 amide bonds. The third-order valence-corrected chi connectivity index (χ3v) is 4.72.